The molecule has 0 aromatic rings. The summed E-state index contributed by atoms with van der Waals surface area (Å²) in [6.07, 6.45) is 0.188. The zero-order valence-corrected chi connectivity index (χ0v) is 11.9. The van der Waals surface area contributed by atoms with Gasteiger partial charge in [-0.3, -0.25) is 19.2 Å². The third-order valence-corrected chi connectivity index (χ3v) is 7.63. The van der Waals surface area contributed by atoms with Crippen LogP contribution in [0.2, 0.25) is 0 Å². The molecule has 17 heavy (non-hydrogen) atoms. The van der Waals surface area contributed by atoms with Gasteiger partial charge in [0.15, 0.2) is 22.1 Å². The Bertz CT molecular complexity index is 357. The first-order valence-corrected chi connectivity index (χ1v) is 9.37. The van der Waals surface area contributed by atoms with Crippen LogP contribution in [0.1, 0.15) is 25.7 Å². The lowest BCUT2D eigenvalue weighted by Gasteiger charge is -2.39. The highest BCUT2D eigenvalue weighted by atomic mass is 35.7. The maximum atomic E-state index is 11.6. The van der Waals surface area contributed by atoms with E-state index in [1.165, 1.54) is 0 Å². The Hall–Kier alpha value is 0.120. The van der Waals surface area contributed by atoms with Crippen molar-refractivity contribution >= 4 is 59.1 Å². The van der Waals surface area contributed by atoms with Crippen LogP contribution in [-0.4, -0.2) is 22.1 Å². The number of halogens is 2. The first-order valence-electron chi connectivity index (χ1n) is 4.88. The minimum atomic E-state index is -1.76. The van der Waals surface area contributed by atoms with E-state index in [9.17, 15) is 19.2 Å². The molecule has 0 aromatic carbocycles. The third-order valence-electron chi connectivity index (χ3n) is 2.98. The molecule has 2 saturated heterocycles. The minimum absolute atomic E-state index is 0.0471. The van der Waals surface area contributed by atoms with Crippen LogP contribution in [0.4, 0.5) is 0 Å². The van der Waals surface area contributed by atoms with Gasteiger partial charge in [-0.1, -0.05) is 22.5 Å². The summed E-state index contributed by atoms with van der Waals surface area (Å²) in [6, 6.07) is 0. The maximum absolute atomic E-state index is 11.6. The molecule has 0 atom stereocenters. The van der Waals surface area contributed by atoms with Gasteiger partial charge in [-0.2, -0.15) is 0 Å². The molecule has 0 aliphatic carbocycles. The highest BCUT2D eigenvalue weighted by molar-refractivity contribution is 8.09. The van der Waals surface area contributed by atoms with E-state index in [-0.39, 0.29) is 47.8 Å². The van der Waals surface area contributed by atoms with Gasteiger partial charge in [-0.05, 0) is 5.41 Å². The summed E-state index contributed by atoms with van der Waals surface area (Å²) in [4.78, 5) is 46.4. The van der Waals surface area contributed by atoms with Gasteiger partial charge in [-0.15, -0.1) is 0 Å². The van der Waals surface area contributed by atoms with Gasteiger partial charge >= 0.3 is 0 Å². The fourth-order valence-electron chi connectivity index (χ4n) is 2.21. The summed E-state index contributed by atoms with van der Waals surface area (Å²) < 4.78 is 0. The molecule has 0 saturated carbocycles. The van der Waals surface area contributed by atoms with Crippen molar-refractivity contribution in [3.63, 3.8) is 0 Å². The van der Waals surface area contributed by atoms with Crippen molar-refractivity contribution < 1.29 is 19.2 Å². The van der Waals surface area contributed by atoms with Crippen molar-refractivity contribution in [2.75, 3.05) is 0 Å². The second-order valence-electron chi connectivity index (χ2n) is 4.34. The van der Waals surface area contributed by atoms with E-state index >= 15 is 0 Å². The highest BCUT2D eigenvalue weighted by Gasteiger charge is 2.51. The first kappa shape index (κ1) is 13.5. The Morgan fingerprint density at radius 3 is 1.18 bits per heavy atom. The predicted octanol–water partition coefficient (Wildman–Crippen LogP) is 2.94. The van der Waals surface area contributed by atoms with Crippen LogP contribution < -0.4 is 0 Å². The Labute approximate surface area is 109 Å². The van der Waals surface area contributed by atoms with Crippen molar-refractivity contribution in [1.29, 1.82) is 0 Å². The van der Waals surface area contributed by atoms with Gasteiger partial charge in [0.1, 0.15) is 14.5 Å². The van der Waals surface area contributed by atoms with Crippen LogP contribution in [0.3, 0.4) is 0 Å². The molecule has 2 heterocycles. The lowest BCUT2D eigenvalue weighted by atomic mass is 9.76. The average Bonchev–Trinajstić information content (AvgIpc) is 2.22. The van der Waals surface area contributed by atoms with Crippen LogP contribution in [0, 0.1) is 5.41 Å². The molecule has 2 aliphatic heterocycles. The third kappa shape index (κ3) is 2.46. The average molecular weight is 313 g/mol. The molecule has 0 unspecified atom stereocenters. The lowest BCUT2D eigenvalue weighted by Crippen LogP contribution is -2.38. The number of carbonyl (C=O) groups is 4. The molecule has 2 fully saturated rings. The molecule has 2 aliphatic rings. The quantitative estimate of drug-likeness (QED) is 0.645. The molecule has 0 N–H and O–H groups in total. The van der Waals surface area contributed by atoms with Gasteiger partial charge in [0.2, 0.25) is 0 Å². The number of rotatable bonds is 0. The Balaban J connectivity index is 2.26. The Kier molecular flexibility index (Phi) is 3.71. The van der Waals surface area contributed by atoms with Crippen molar-refractivity contribution in [3.8, 4) is 0 Å². The minimum Gasteiger partial charge on any atom is -0.293 e. The van der Waals surface area contributed by atoms with E-state index < -0.39 is 20.0 Å². The van der Waals surface area contributed by atoms with E-state index in [1.54, 1.807) is 0 Å². The monoisotopic (exact) mass is 312 g/mol. The standard InChI is InChI=1S/C9H8Cl2O4P2/c10-16-5(12)1-9(2-6(16)13)3-7(14)17(11)8(15)4-9/h1-4H2. The van der Waals surface area contributed by atoms with E-state index in [2.05, 4.69) is 0 Å². The molecule has 92 valence electrons. The fraction of sp³-hybridized carbons (Fsp3) is 0.556. The summed E-state index contributed by atoms with van der Waals surface area (Å²) in [7, 11) is -3.52. The number of hydrogen-bond donors (Lipinski definition) is 0. The Morgan fingerprint density at radius 1 is 0.706 bits per heavy atom. The van der Waals surface area contributed by atoms with Gasteiger partial charge < -0.3 is 0 Å². The number of hydrogen-bond acceptors (Lipinski definition) is 4. The second-order valence-corrected chi connectivity index (χ2v) is 9.49. The first-order chi connectivity index (χ1) is 7.84. The van der Waals surface area contributed by atoms with E-state index in [0.29, 0.717) is 0 Å². The molecule has 0 amide bonds. The molecule has 8 heteroatoms. The topological polar surface area (TPSA) is 68.3 Å². The van der Waals surface area contributed by atoms with Crippen LogP contribution in [0.15, 0.2) is 0 Å². The predicted molar refractivity (Wildman–Crippen MR) is 66.5 cm³/mol. The zero-order valence-electron chi connectivity index (χ0n) is 8.61. The summed E-state index contributed by atoms with van der Waals surface area (Å²) in [5.74, 6) is 0. The van der Waals surface area contributed by atoms with Gasteiger partial charge in [0.25, 0.3) is 0 Å². The summed E-state index contributed by atoms with van der Waals surface area (Å²) in [5, 5.41) is 0. The summed E-state index contributed by atoms with van der Waals surface area (Å²) >= 11 is 11.4. The summed E-state index contributed by atoms with van der Waals surface area (Å²) in [5.41, 5.74) is -2.17. The largest absolute Gasteiger partial charge is 0.293 e. The summed E-state index contributed by atoms with van der Waals surface area (Å²) in [6.45, 7) is 0. The Morgan fingerprint density at radius 2 is 0.941 bits per heavy atom. The molecular formula is C9H8Cl2O4P2. The van der Waals surface area contributed by atoms with E-state index in [0.717, 1.165) is 0 Å². The van der Waals surface area contributed by atoms with Crippen molar-refractivity contribution in [2.45, 2.75) is 25.7 Å². The molecule has 0 aromatic heterocycles. The molecule has 0 radical (unpaired) electrons. The fourth-order valence-corrected chi connectivity index (χ4v) is 5.38. The van der Waals surface area contributed by atoms with E-state index in [4.69, 9.17) is 22.5 Å². The molecule has 1 spiro atoms. The van der Waals surface area contributed by atoms with Crippen molar-refractivity contribution in [1.82, 2.24) is 0 Å². The van der Waals surface area contributed by atoms with Crippen LogP contribution in [-0.2, 0) is 19.2 Å². The zero-order chi connectivity index (χ0) is 12.8. The highest BCUT2D eigenvalue weighted by Crippen LogP contribution is 2.62. The second kappa shape index (κ2) is 4.66. The SMILES string of the molecule is O=C1CC2(CC(=O)P1Cl)CC(=O)P(Cl)C(=O)C2. The molecule has 4 nitrogen and oxygen atoms in total. The normalized spacial score (nSPS) is 38.9. The van der Waals surface area contributed by atoms with Crippen LogP contribution in [0.25, 0.3) is 0 Å². The van der Waals surface area contributed by atoms with Crippen LogP contribution >= 0.6 is 37.0 Å². The van der Waals surface area contributed by atoms with Gasteiger partial charge in [0.05, 0.1) is 0 Å². The van der Waals surface area contributed by atoms with Crippen molar-refractivity contribution in [2.24, 2.45) is 5.41 Å². The molecular weight excluding hydrogens is 305 g/mol. The molecule has 2 rings (SSSR count). The smallest absolute Gasteiger partial charge is 0.178 e. The number of carbonyl (C=O) groups excluding carboxylic acids is 4. The maximum Gasteiger partial charge on any atom is 0.178 e. The van der Waals surface area contributed by atoms with Crippen LogP contribution in [0.5, 0.6) is 0 Å². The van der Waals surface area contributed by atoms with E-state index in [1.807, 2.05) is 0 Å². The lowest BCUT2D eigenvalue weighted by molar-refractivity contribution is -0.125. The molecule has 0 bridgehead atoms. The van der Waals surface area contributed by atoms with Crippen molar-refractivity contribution in [3.05, 3.63) is 0 Å². The van der Waals surface area contributed by atoms with Gasteiger partial charge in [0, 0.05) is 25.7 Å². The van der Waals surface area contributed by atoms with Gasteiger partial charge in [-0.25, -0.2) is 0 Å².